The van der Waals surface area contributed by atoms with Gasteiger partial charge in [0.2, 0.25) is 0 Å². The summed E-state index contributed by atoms with van der Waals surface area (Å²) in [4.78, 5) is 11.7. The fraction of sp³-hybridized carbons (Fsp3) is 0.0714. The third-order valence-electron chi connectivity index (χ3n) is 2.72. The summed E-state index contributed by atoms with van der Waals surface area (Å²) in [6.45, 7) is 0. The number of nitrogens with one attached hydrogen (secondary N) is 2. The Labute approximate surface area is 132 Å². The molecule has 0 aliphatic carbocycles. The monoisotopic (exact) mass is 350 g/mol. The van der Waals surface area contributed by atoms with Crippen LogP contribution in [0.15, 0.2) is 36.4 Å². The third kappa shape index (κ3) is 4.32. The molecule has 3 nitrogen and oxygen atoms in total. The molecule has 2 aromatic rings. The van der Waals surface area contributed by atoms with Crippen molar-refractivity contribution in [1.29, 1.82) is 0 Å². The Morgan fingerprint density at radius 2 is 1.65 bits per heavy atom. The topological polar surface area (TPSA) is 41.1 Å². The standard InChI is InChI=1S/C14H8ClF5N2O/c15-9-3-1-7(14(18,19)20)5-12(9)22-13(23)21-8-2-4-10(16)11(17)6-8/h1-6H,(H2,21,22,23). The zero-order valence-electron chi connectivity index (χ0n) is 11.1. The summed E-state index contributed by atoms with van der Waals surface area (Å²) in [6, 6.07) is 4.06. The number of alkyl halides is 3. The minimum Gasteiger partial charge on any atom is -0.308 e. The maximum atomic E-state index is 13.0. The van der Waals surface area contributed by atoms with Crippen LogP contribution in [0.4, 0.5) is 38.1 Å². The van der Waals surface area contributed by atoms with Crippen molar-refractivity contribution >= 4 is 29.0 Å². The predicted octanol–water partition coefficient (Wildman–Crippen LogP) is 5.28. The molecule has 23 heavy (non-hydrogen) atoms. The number of urea groups is 1. The van der Waals surface area contributed by atoms with Crippen LogP contribution in [-0.2, 0) is 6.18 Å². The first kappa shape index (κ1) is 17.0. The lowest BCUT2D eigenvalue weighted by atomic mass is 10.2. The SMILES string of the molecule is O=C(Nc1ccc(F)c(F)c1)Nc1cc(C(F)(F)F)ccc1Cl. The van der Waals surface area contributed by atoms with Gasteiger partial charge in [-0.2, -0.15) is 13.2 Å². The van der Waals surface area contributed by atoms with Gasteiger partial charge >= 0.3 is 12.2 Å². The first-order valence-corrected chi connectivity index (χ1v) is 6.44. The highest BCUT2D eigenvalue weighted by molar-refractivity contribution is 6.33. The van der Waals surface area contributed by atoms with Crippen LogP contribution < -0.4 is 10.6 Å². The van der Waals surface area contributed by atoms with Crippen molar-refractivity contribution in [2.45, 2.75) is 6.18 Å². The van der Waals surface area contributed by atoms with Crippen LogP contribution in [0.5, 0.6) is 0 Å². The van der Waals surface area contributed by atoms with E-state index in [2.05, 4.69) is 10.6 Å². The van der Waals surface area contributed by atoms with Crippen LogP contribution in [0.2, 0.25) is 5.02 Å². The molecule has 2 amide bonds. The Kier molecular flexibility index (Phi) is 4.74. The summed E-state index contributed by atoms with van der Waals surface area (Å²) >= 11 is 5.72. The van der Waals surface area contributed by atoms with Crippen molar-refractivity contribution in [2.75, 3.05) is 10.6 Å². The molecule has 0 aliphatic heterocycles. The summed E-state index contributed by atoms with van der Waals surface area (Å²) in [5.41, 5.74) is -1.35. The van der Waals surface area contributed by atoms with E-state index in [4.69, 9.17) is 11.6 Å². The van der Waals surface area contributed by atoms with Gasteiger partial charge in [-0.15, -0.1) is 0 Å². The largest absolute Gasteiger partial charge is 0.416 e. The number of rotatable bonds is 2. The number of benzene rings is 2. The number of hydrogen-bond acceptors (Lipinski definition) is 1. The van der Waals surface area contributed by atoms with Gasteiger partial charge in [0, 0.05) is 11.8 Å². The van der Waals surface area contributed by atoms with Crippen LogP contribution in [0.1, 0.15) is 5.56 Å². The summed E-state index contributed by atoms with van der Waals surface area (Å²) in [7, 11) is 0. The average molecular weight is 351 g/mol. The van der Waals surface area contributed by atoms with Crippen molar-refractivity contribution in [3.63, 3.8) is 0 Å². The Morgan fingerprint density at radius 3 is 2.26 bits per heavy atom. The molecule has 2 N–H and O–H groups in total. The van der Waals surface area contributed by atoms with Crippen molar-refractivity contribution in [2.24, 2.45) is 0 Å². The van der Waals surface area contributed by atoms with Gasteiger partial charge in [-0.25, -0.2) is 13.6 Å². The summed E-state index contributed by atoms with van der Waals surface area (Å²) in [5, 5.41) is 4.14. The number of carbonyl (C=O) groups is 1. The zero-order valence-corrected chi connectivity index (χ0v) is 11.9. The normalized spacial score (nSPS) is 11.2. The van der Waals surface area contributed by atoms with Crippen LogP contribution in [-0.4, -0.2) is 6.03 Å². The molecule has 0 aromatic heterocycles. The average Bonchev–Trinajstić information content (AvgIpc) is 2.44. The molecule has 0 radical (unpaired) electrons. The van der Waals surface area contributed by atoms with E-state index in [0.717, 1.165) is 30.3 Å². The minimum atomic E-state index is -4.60. The Morgan fingerprint density at radius 1 is 0.957 bits per heavy atom. The first-order chi connectivity index (χ1) is 10.7. The lowest BCUT2D eigenvalue weighted by Crippen LogP contribution is -2.20. The molecule has 2 aromatic carbocycles. The van der Waals surface area contributed by atoms with Crippen LogP contribution in [0.3, 0.4) is 0 Å². The lowest BCUT2D eigenvalue weighted by Gasteiger charge is -2.12. The number of anilines is 2. The molecule has 0 unspecified atom stereocenters. The third-order valence-corrected chi connectivity index (χ3v) is 3.05. The van der Waals surface area contributed by atoms with Crippen LogP contribution in [0.25, 0.3) is 0 Å². The molecule has 2 rings (SSSR count). The second-order valence-corrected chi connectivity index (χ2v) is 4.81. The van der Waals surface area contributed by atoms with Gasteiger partial charge in [0.25, 0.3) is 0 Å². The van der Waals surface area contributed by atoms with Gasteiger partial charge in [0.1, 0.15) is 0 Å². The molecule has 0 saturated heterocycles. The van der Waals surface area contributed by atoms with E-state index in [1.807, 2.05) is 0 Å². The Balaban J connectivity index is 2.15. The lowest BCUT2D eigenvalue weighted by molar-refractivity contribution is -0.137. The molecule has 0 bridgehead atoms. The van der Waals surface area contributed by atoms with Gasteiger partial charge in [-0.3, -0.25) is 0 Å². The van der Waals surface area contributed by atoms with Gasteiger partial charge in [0.05, 0.1) is 16.3 Å². The van der Waals surface area contributed by atoms with E-state index in [9.17, 15) is 26.7 Å². The molecule has 0 fully saturated rings. The molecule has 0 atom stereocenters. The molecule has 122 valence electrons. The fourth-order valence-electron chi connectivity index (χ4n) is 1.66. The summed E-state index contributed by atoms with van der Waals surface area (Å²) < 4.78 is 63.6. The van der Waals surface area contributed by atoms with Gasteiger partial charge in [-0.05, 0) is 30.3 Å². The predicted molar refractivity (Wildman–Crippen MR) is 75.5 cm³/mol. The van der Waals surface area contributed by atoms with E-state index in [1.165, 1.54) is 0 Å². The van der Waals surface area contributed by atoms with Crippen LogP contribution >= 0.6 is 11.6 Å². The van der Waals surface area contributed by atoms with Gasteiger partial charge in [0.15, 0.2) is 11.6 Å². The number of amides is 2. The first-order valence-electron chi connectivity index (χ1n) is 6.06. The fourth-order valence-corrected chi connectivity index (χ4v) is 1.82. The maximum absolute atomic E-state index is 13.0. The molecule has 0 heterocycles. The minimum absolute atomic E-state index is 0.0792. The van der Waals surface area contributed by atoms with E-state index in [-0.39, 0.29) is 16.4 Å². The number of carbonyl (C=O) groups excluding carboxylic acids is 1. The highest BCUT2D eigenvalue weighted by Gasteiger charge is 2.31. The van der Waals surface area contributed by atoms with Crippen molar-refractivity contribution < 1.29 is 26.7 Å². The molecule has 0 saturated carbocycles. The highest BCUT2D eigenvalue weighted by atomic mass is 35.5. The van der Waals surface area contributed by atoms with E-state index >= 15 is 0 Å². The smallest absolute Gasteiger partial charge is 0.308 e. The van der Waals surface area contributed by atoms with Gasteiger partial charge < -0.3 is 10.6 Å². The summed E-state index contributed by atoms with van der Waals surface area (Å²) in [5.74, 6) is -2.28. The maximum Gasteiger partial charge on any atom is 0.416 e. The zero-order chi connectivity index (χ0) is 17.2. The second-order valence-electron chi connectivity index (χ2n) is 4.40. The Bertz CT molecular complexity index is 748. The number of halogens is 6. The van der Waals surface area contributed by atoms with E-state index in [1.54, 1.807) is 0 Å². The molecule has 0 spiro atoms. The van der Waals surface area contributed by atoms with Crippen LogP contribution in [0, 0.1) is 11.6 Å². The summed E-state index contributed by atoms with van der Waals surface area (Å²) in [6.07, 6.45) is -4.60. The van der Waals surface area contributed by atoms with Crippen molar-refractivity contribution in [3.8, 4) is 0 Å². The van der Waals surface area contributed by atoms with Gasteiger partial charge in [-0.1, -0.05) is 11.6 Å². The molecule has 0 aliphatic rings. The molecular formula is C14H8ClF5N2O. The molecule has 9 heteroatoms. The van der Waals surface area contributed by atoms with Crippen molar-refractivity contribution in [1.82, 2.24) is 0 Å². The van der Waals surface area contributed by atoms with E-state index < -0.39 is 29.4 Å². The second kappa shape index (κ2) is 6.41. The quantitative estimate of drug-likeness (QED) is 0.711. The van der Waals surface area contributed by atoms with Crippen molar-refractivity contribution in [3.05, 3.63) is 58.6 Å². The van der Waals surface area contributed by atoms with E-state index in [0.29, 0.717) is 6.07 Å². The highest BCUT2D eigenvalue weighted by Crippen LogP contribution is 2.33. The Hall–Kier alpha value is -2.35. The number of hydrogen-bond donors (Lipinski definition) is 2. The molecular weight excluding hydrogens is 343 g/mol.